The Morgan fingerprint density at radius 1 is 1.33 bits per heavy atom. The van der Waals surface area contributed by atoms with Gasteiger partial charge in [0.2, 0.25) is 5.91 Å². The summed E-state index contributed by atoms with van der Waals surface area (Å²) in [6.45, 7) is 2.03. The summed E-state index contributed by atoms with van der Waals surface area (Å²) in [6.07, 6.45) is 3.02. The monoisotopic (exact) mass is 307 g/mol. The van der Waals surface area contributed by atoms with Crippen LogP contribution in [0.2, 0.25) is 0 Å². The molecule has 0 bridgehead atoms. The summed E-state index contributed by atoms with van der Waals surface area (Å²) >= 11 is 1.52. The van der Waals surface area contributed by atoms with Crippen molar-refractivity contribution in [3.8, 4) is 0 Å². The number of rotatable bonds is 5. The van der Waals surface area contributed by atoms with Gasteiger partial charge in [0.1, 0.15) is 0 Å². The van der Waals surface area contributed by atoms with E-state index >= 15 is 0 Å². The number of hydrogen-bond donors (Lipinski definition) is 2. The third-order valence-electron chi connectivity index (χ3n) is 3.84. The van der Waals surface area contributed by atoms with Crippen LogP contribution in [0.3, 0.4) is 0 Å². The number of thioether (sulfide) groups is 1. The summed E-state index contributed by atoms with van der Waals surface area (Å²) in [7, 11) is 0. The van der Waals surface area contributed by atoms with Gasteiger partial charge in [-0.25, -0.2) is 0 Å². The molecule has 1 aromatic carbocycles. The van der Waals surface area contributed by atoms with Crippen LogP contribution >= 0.6 is 11.8 Å². The molecule has 1 fully saturated rings. The van der Waals surface area contributed by atoms with Gasteiger partial charge in [0.05, 0.1) is 11.7 Å². The lowest BCUT2D eigenvalue weighted by Gasteiger charge is -2.27. The van der Waals surface area contributed by atoms with Gasteiger partial charge in [0, 0.05) is 10.9 Å². The lowest BCUT2D eigenvalue weighted by Crippen LogP contribution is -2.40. The summed E-state index contributed by atoms with van der Waals surface area (Å²) in [6, 6.07) is 7.98. The number of amides is 1. The number of aryl methyl sites for hydroxylation is 1. The summed E-state index contributed by atoms with van der Waals surface area (Å²) < 4.78 is 0. The number of nitrogens with one attached hydrogen (secondary N) is 1. The van der Waals surface area contributed by atoms with Crippen LogP contribution in [0.1, 0.15) is 31.2 Å². The van der Waals surface area contributed by atoms with Crippen molar-refractivity contribution in [3.05, 3.63) is 29.8 Å². The van der Waals surface area contributed by atoms with Gasteiger partial charge in [-0.3, -0.25) is 9.59 Å². The van der Waals surface area contributed by atoms with Crippen LogP contribution in [0.4, 0.5) is 0 Å². The second-order valence-electron chi connectivity index (χ2n) is 5.52. The third-order valence-corrected chi connectivity index (χ3v) is 5.02. The average molecular weight is 307 g/mol. The number of hydrogen-bond acceptors (Lipinski definition) is 3. The van der Waals surface area contributed by atoms with Gasteiger partial charge in [-0.2, -0.15) is 0 Å². The Morgan fingerprint density at radius 3 is 2.81 bits per heavy atom. The molecule has 0 heterocycles. The molecule has 0 aromatic heterocycles. The standard InChI is InChI=1S/C16H21NO3S/c1-11-5-2-3-8-14(11)21-10-15(18)17-13-7-4-6-12(9-13)16(19)20/h2-3,5,8,12-13H,4,6-7,9-10H2,1H3,(H,17,18)(H,19,20). The van der Waals surface area contributed by atoms with Gasteiger partial charge < -0.3 is 10.4 Å². The summed E-state index contributed by atoms with van der Waals surface area (Å²) in [5.41, 5.74) is 1.17. The molecule has 0 saturated heterocycles. The van der Waals surface area contributed by atoms with E-state index in [2.05, 4.69) is 5.32 Å². The van der Waals surface area contributed by atoms with Crippen LogP contribution in [0.5, 0.6) is 0 Å². The zero-order chi connectivity index (χ0) is 15.2. The fraction of sp³-hybridized carbons (Fsp3) is 0.500. The van der Waals surface area contributed by atoms with E-state index in [-0.39, 0.29) is 17.9 Å². The van der Waals surface area contributed by atoms with E-state index < -0.39 is 5.97 Å². The Morgan fingerprint density at radius 2 is 2.10 bits per heavy atom. The summed E-state index contributed by atoms with van der Waals surface area (Å²) in [5, 5.41) is 12.0. The number of carbonyl (C=O) groups excluding carboxylic acids is 1. The molecule has 1 aliphatic rings. The molecule has 1 saturated carbocycles. The van der Waals surface area contributed by atoms with Gasteiger partial charge >= 0.3 is 5.97 Å². The number of carbonyl (C=O) groups is 2. The van der Waals surface area contributed by atoms with Gasteiger partial charge in [-0.1, -0.05) is 24.6 Å². The Kier molecular flexibility index (Phi) is 5.67. The Bertz CT molecular complexity index is 518. The normalized spacial score (nSPS) is 21.8. The molecule has 2 N–H and O–H groups in total. The first-order valence-corrected chi connectivity index (χ1v) is 8.25. The minimum Gasteiger partial charge on any atom is -0.481 e. The highest BCUT2D eigenvalue weighted by Gasteiger charge is 2.27. The summed E-state index contributed by atoms with van der Waals surface area (Å²) in [5.74, 6) is -0.699. The van der Waals surface area contributed by atoms with Crippen LogP contribution in [0, 0.1) is 12.8 Å². The predicted molar refractivity (Wildman–Crippen MR) is 83.4 cm³/mol. The van der Waals surface area contributed by atoms with Gasteiger partial charge in [0.15, 0.2) is 0 Å². The van der Waals surface area contributed by atoms with Crippen molar-refractivity contribution < 1.29 is 14.7 Å². The minimum atomic E-state index is -0.747. The second kappa shape index (κ2) is 7.50. The van der Waals surface area contributed by atoms with Gasteiger partial charge in [-0.05, 0) is 37.8 Å². The zero-order valence-corrected chi connectivity index (χ0v) is 13.0. The molecule has 114 valence electrons. The number of carboxylic acids is 1. The van der Waals surface area contributed by atoms with E-state index in [0.29, 0.717) is 12.2 Å². The highest BCUT2D eigenvalue weighted by atomic mass is 32.2. The van der Waals surface area contributed by atoms with Crippen molar-refractivity contribution in [2.45, 2.75) is 43.5 Å². The number of carboxylic acid groups (broad SMARTS) is 1. The minimum absolute atomic E-state index is 0.00446. The molecule has 0 radical (unpaired) electrons. The highest BCUT2D eigenvalue weighted by Crippen LogP contribution is 2.25. The molecule has 21 heavy (non-hydrogen) atoms. The van der Waals surface area contributed by atoms with Crippen LogP contribution in [0.25, 0.3) is 0 Å². The third kappa shape index (κ3) is 4.77. The van der Waals surface area contributed by atoms with Crippen LogP contribution in [0.15, 0.2) is 29.2 Å². The molecule has 2 unspecified atom stereocenters. The first-order valence-electron chi connectivity index (χ1n) is 7.27. The molecule has 4 nitrogen and oxygen atoms in total. The molecule has 1 amide bonds. The van der Waals surface area contributed by atoms with E-state index in [0.717, 1.165) is 24.2 Å². The highest BCUT2D eigenvalue weighted by molar-refractivity contribution is 8.00. The molecule has 1 aliphatic carbocycles. The topological polar surface area (TPSA) is 66.4 Å². The van der Waals surface area contributed by atoms with Crippen LogP contribution < -0.4 is 5.32 Å². The Balaban J connectivity index is 1.79. The van der Waals surface area contributed by atoms with Crippen molar-refractivity contribution in [1.29, 1.82) is 0 Å². The van der Waals surface area contributed by atoms with Crippen LogP contribution in [-0.2, 0) is 9.59 Å². The largest absolute Gasteiger partial charge is 0.481 e. The number of benzene rings is 1. The van der Waals surface area contributed by atoms with E-state index in [9.17, 15) is 9.59 Å². The fourth-order valence-electron chi connectivity index (χ4n) is 2.68. The first-order chi connectivity index (χ1) is 10.1. The molecular weight excluding hydrogens is 286 g/mol. The molecule has 1 aromatic rings. The average Bonchev–Trinajstić information content (AvgIpc) is 2.46. The van der Waals surface area contributed by atoms with Crippen molar-refractivity contribution in [3.63, 3.8) is 0 Å². The van der Waals surface area contributed by atoms with E-state index in [1.54, 1.807) is 0 Å². The van der Waals surface area contributed by atoms with E-state index in [1.807, 2.05) is 31.2 Å². The molecule has 5 heteroatoms. The van der Waals surface area contributed by atoms with Crippen molar-refractivity contribution in [1.82, 2.24) is 5.32 Å². The SMILES string of the molecule is Cc1ccccc1SCC(=O)NC1CCCC(C(=O)O)C1. The zero-order valence-electron chi connectivity index (χ0n) is 12.2. The maximum Gasteiger partial charge on any atom is 0.306 e. The first kappa shape index (κ1) is 15.9. The van der Waals surface area contributed by atoms with Gasteiger partial charge in [0.25, 0.3) is 0 Å². The van der Waals surface area contributed by atoms with Gasteiger partial charge in [-0.15, -0.1) is 11.8 Å². The second-order valence-corrected chi connectivity index (χ2v) is 6.54. The smallest absolute Gasteiger partial charge is 0.306 e. The summed E-state index contributed by atoms with van der Waals surface area (Å²) in [4.78, 5) is 24.1. The van der Waals surface area contributed by atoms with E-state index in [4.69, 9.17) is 5.11 Å². The number of aliphatic carboxylic acids is 1. The van der Waals surface area contributed by atoms with Crippen molar-refractivity contribution in [2.24, 2.45) is 5.92 Å². The maximum atomic E-state index is 12.0. The lowest BCUT2D eigenvalue weighted by molar-refractivity contribution is -0.143. The van der Waals surface area contributed by atoms with E-state index in [1.165, 1.54) is 17.3 Å². The molecule has 0 aliphatic heterocycles. The fourth-order valence-corrected chi connectivity index (χ4v) is 3.52. The van der Waals surface area contributed by atoms with Crippen molar-refractivity contribution in [2.75, 3.05) is 5.75 Å². The van der Waals surface area contributed by atoms with Crippen molar-refractivity contribution >= 4 is 23.6 Å². The predicted octanol–water partition coefficient (Wildman–Crippen LogP) is 2.85. The Hall–Kier alpha value is -1.49. The van der Waals surface area contributed by atoms with Crippen LogP contribution in [-0.4, -0.2) is 28.8 Å². The quantitative estimate of drug-likeness (QED) is 0.821. The lowest BCUT2D eigenvalue weighted by atomic mass is 9.86. The maximum absolute atomic E-state index is 12.0. The Labute approximate surface area is 129 Å². The molecule has 0 spiro atoms. The molecular formula is C16H21NO3S. The molecule has 2 rings (SSSR count). The molecule has 2 atom stereocenters.